The Balaban J connectivity index is 1.03. The van der Waals surface area contributed by atoms with Crippen molar-refractivity contribution in [3.8, 4) is 11.5 Å². The van der Waals surface area contributed by atoms with Crippen LogP contribution in [-0.4, -0.2) is 56.5 Å². The largest absolute Gasteiger partial charge is 0.494 e. The van der Waals surface area contributed by atoms with Gasteiger partial charge in [0.1, 0.15) is 11.5 Å². The second kappa shape index (κ2) is 13.3. The summed E-state index contributed by atoms with van der Waals surface area (Å²) in [7, 11) is 0. The van der Waals surface area contributed by atoms with Gasteiger partial charge in [0.2, 0.25) is 11.8 Å². The molecule has 0 spiro atoms. The van der Waals surface area contributed by atoms with Crippen LogP contribution in [0.2, 0.25) is 0 Å². The predicted molar refractivity (Wildman–Crippen MR) is 177 cm³/mol. The van der Waals surface area contributed by atoms with Gasteiger partial charge in [0.05, 0.1) is 46.8 Å². The van der Waals surface area contributed by atoms with Crippen molar-refractivity contribution in [1.29, 1.82) is 0 Å². The van der Waals surface area contributed by atoms with Gasteiger partial charge in [0.25, 0.3) is 0 Å². The van der Waals surface area contributed by atoms with Gasteiger partial charge in [-0.25, -0.2) is 9.97 Å². The lowest BCUT2D eigenvalue weighted by Crippen LogP contribution is -2.14. The number of aromatic amines is 2. The molecule has 0 aliphatic carbocycles. The maximum Gasteiger partial charge on any atom is 0.234 e. The Labute approximate surface area is 261 Å². The summed E-state index contributed by atoms with van der Waals surface area (Å²) in [5, 5.41) is 9.12. The maximum atomic E-state index is 12.7. The Kier molecular flexibility index (Phi) is 8.89. The molecule has 4 aromatic carbocycles. The van der Waals surface area contributed by atoms with E-state index in [1.807, 2.05) is 86.6 Å². The highest BCUT2D eigenvalue weighted by atomic mass is 32.2. The molecule has 2 heterocycles. The Morgan fingerprint density at radius 2 is 1.14 bits per heavy atom. The minimum atomic E-state index is -0.147. The highest BCUT2D eigenvalue weighted by Crippen LogP contribution is 2.27. The third-order valence-electron chi connectivity index (χ3n) is 6.57. The van der Waals surface area contributed by atoms with Gasteiger partial charge in [-0.2, -0.15) is 0 Å². The van der Waals surface area contributed by atoms with Gasteiger partial charge >= 0.3 is 0 Å². The third kappa shape index (κ3) is 7.09. The van der Waals surface area contributed by atoms with E-state index >= 15 is 0 Å². The molecule has 0 radical (unpaired) electrons. The fourth-order valence-corrected chi connectivity index (χ4v) is 6.01. The Bertz CT molecular complexity index is 1830. The van der Waals surface area contributed by atoms with Crippen LogP contribution >= 0.6 is 23.5 Å². The topological polar surface area (TPSA) is 134 Å². The van der Waals surface area contributed by atoms with Crippen molar-refractivity contribution in [2.75, 3.05) is 35.4 Å². The molecule has 0 unspecified atom stereocenters. The van der Waals surface area contributed by atoms with Crippen molar-refractivity contribution in [1.82, 2.24) is 19.9 Å². The molecule has 0 atom stereocenters. The molecule has 2 aromatic heterocycles. The first kappa shape index (κ1) is 29.4. The predicted octanol–water partition coefficient (Wildman–Crippen LogP) is 6.85. The third-order valence-corrected chi connectivity index (χ3v) is 8.32. The van der Waals surface area contributed by atoms with E-state index in [9.17, 15) is 9.59 Å². The molecule has 4 N–H and O–H groups in total. The lowest BCUT2D eigenvalue weighted by molar-refractivity contribution is -0.114. The fourth-order valence-electron chi connectivity index (χ4n) is 4.64. The molecule has 0 fully saturated rings. The van der Waals surface area contributed by atoms with E-state index in [1.165, 1.54) is 23.5 Å². The smallest absolute Gasteiger partial charge is 0.234 e. The van der Waals surface area contributed by atoms with Crippen molar-refractivity contribution >= 4 is 79.6 Å². The minimum Gasteiger partial charge on any atom is -0.494 e. The summed E-state index contributed by atoms with van der Waals surface area (Å²) in [5.41, 5.74) is 4.70. The zero-order valence-corrected chi connectivity index (χ0v) is 25.7. The number of fused-ring (bicyclic) bond motifs is 3. The highest BCUT2D eigenvalue weighted by Gasteiger charge is 2.11. The van der Waals surface area contributed by atoms with Crippen molar-refractivity contribution in [3.05, 3.63) is 72.8 Å². The van der Waals surface area contributed by atoms with Crippen LogP contribution in [0, 0.1) is 0 Å². The summed E-state index contributed by atoms with van der Waals surface area (Å²) in [6.45, 7) is 5.06. The van der Waals surface area contributed by atoms with Crippen molar-refractivity contribution in [3.63, 3.8) is 0 Å². The van der Waals surface area contributed by atoms with Crippen LogP contribution in [0.1, 0.15) is 13.8 Å². The van der Waals surface area contributed by atoms with Crippen LogP contribution in [0.3, 0.4) is 0 Å². The number of aromatic nitrogens is 4. The van der Waals surface area contributed by atoms with E-state index in [-0.39, 0.29) is 23.3 Å². The normalized spacial score (nSPS) is 11.2. The summed E-state index contributed by atoms with van der Waals surface area (Å²) < 4.78 is 11.1. The van der Waals surface area contributed by atoms with E-state index in [0.717, 1.165) is 44.3 Å². The molecule has 0 aliphatic rings. The Hall–Kier alpha value is -4.68. The summed E-state index contributed by atoms with van der Waals surface area (Å²) in [5.74, 6) is 1.65. The quantitative estimate of drug-likeness (QED) is 0.108. The second-order valence-corrected chi connectivity index (χ2v) is 11.7. The number of hydrogen-bond donors (Lipinski definition) is 4. The summed E-state index contributed by atoms with van der Waals surface area (Å²) >= 11 is 2.66. The fraction of sp³-hybridized carbons (Fsp3) is 0.188. The van der Waals surface area contributed by atoms with Gasteiger partial charge in [-0.05, 0) is 73.2 Å². The number of nitrogens with one attached hydrogen (secondary N) is 4. The van der Waals surface area contributed by atoms with Crippen molar-refractivity contribution < 1.29 is 19.1 Å². The zero-order valence-electron chi connectivity index (χ0n) is 24.1. The van der Waals surface area contributed by atoms with E-state index in [0.29, 0.717) is 34.9 Å². The molecule has 6 aromatic rings. The molecule has 44 heavy (non-hydrogen) atoms. The number of imidazole rings is 2. The van der Waals surface area contributed by atoms with E-state index in [4.69, 9.17) is 9.47 Å². The SMILES string of the molecule is CCOc1ccc2nc(SCC(=O)Nc3ccc4ccc(NC(=O)CSc5nc6ccc(OCC)cc6[nH]5)cc4c3)[nH]c2c1. The van der Waals surface area contributed by atoms with Crippen LogP contribution in [0.25, 0.3) is 32.8 Å². The first-order chi connectivity index (χ1) is 21.4. The molecule has 0 saturated heterocycles. The highest BCUT2D eigenvalue weighted by molar-refractivity contribution is 8.00. The van der Waals surface area contributed by atoms with Crippen LogP contribution in [0.5, 0.6) is 11.5 Å². The number of anilines is 2. The van der Waals surface area contributed by atoms with Gasteiger partial charge in [-0.1, -0.05) is 35.7 Å². The van der Waals surface area contributed by atoms with Gasteiger partial charge in [-0.3, -0.25) is 9.59 Å². The van der Waals surface area contributed by atoms with Crippen LogP contribution < -0.4 is 20.1 Å². The van der Waals surface area contributed by atoms with E-state index in [1.54, 1.807) is 0 Å². The number of rotatable bonds is 12. The molecule has 10 nitrogen and oxygen atoms in total. The second-order valence-electron chi connectivity index (χ2n) is 9.76. The summed E-state index contributed by atoms with van der Waals surface area (Å²) in [6.07, 6.45) is 0. The van der Waals surface area contributed by atoms with Gasteiger partial charge in [-0.15, -0.1) is 0 Å². The number of amides is 2. The first-order valence-corrected chi connectivity index (χ1v) is 16.1. The summed E-state index contributed by atoms with van der Waals surface area (Å²) in [6, 6.07) is 22.7. The lowest BCUT2D eigenvalue weighted by Gasteiger charge is -2.09. The van der Waals surface area contributed by atoms with Gasteiger partial charge in [0, 0.05) is 23.5 Å². The van der Waals surface area contributed by atoms with Gasteiger partial charge < -0.3 is 30.1 Å². The molecule has 224 valence electrons. The summed E-state index contributed by atoms with van der Waals surface area (Å²) in [4.78, 5) is 41.0. The standard InChI is InChI=1S/C32H30N6O4S2/c1-3-41-23-9-11-25-27(15-23)37-31(35-25)43-17-29(39)33-21-7-5-19-6-8-22(14-20(19)13-21)34-30(40)18-44-32-36-26-12-10-24(42-4-2)16-28(26)38-32/h5-16H,3-4,17-18H2,1-2H3,(H,33,39)(H,34,40)(H,35,37)(H,36,38). The minimum absolute atomic E-state index is 0.147. The van der Waals surface area contributed by atoms with E-state index in [2.05, 4.69) is 30.6 Å². The zero-order chi connectivity index (χ0) is 30.5. The van der Waals surface area contributed by atoms with Crippen LogP contribution in [0.4, 0.5) is 11.4 Å². The van der Waals surface area contributed by atoms with Gasteiger partial charge in [0.15, 0.2) is 10.3 Å². The lowest BCUT2D eigenvalue weighted by atomic mass is 10.1. The molecular weight excluding hydrogens is 597 g/mol. The first-order valence-electron chi connectivity index (χ1n) is 14.1. The molecule has 12 heteroatoms. The molecular formula is C32H30N6O4S2. The number of carbonyl (C=O) groups is 2. The van der Waals surface area contributed by atoms with Crippen LogP contribution in [0.15, 0.2) is 83.1 Å². The molecule has 0 aliphatic heterocycles. The number of ether oxygens (including phenoxy) is 2. The Morgan fingerprint density at radius 1 is 0.659 bits per heavy atom. The van der Waals surface area contributed by atoms with Crippen LogP contribution in [-0.2, 0) is 9.59 Å². The number of nitrogens with zero attached hydrogens (tertiary/aromatic N) is 2. The number of benzene rings is 4. The van der Waals surface area contributed by atoms with Crippen molar-refractivity contribution in [2.24, 2.45) is 0 Å². The number of thioether (sulfide) groups is 2. The number of carbonyl (C=O) groups excluding carboxylic acids is 2. The monoisotopic (exact) mass is 626 g/mol. The number of H-pyrrole nitrogens is 2. The van der Waals surface area contributed by atoms with Crippen molar-refractivity contribution in [2.45, 2.75) is 24.2 Å². The molecule has 2 amide bonds. The van der Waals surface area contributed by atoms with E-state index < -0.39 is 0 Å². The molecule has 0 saturated carbocycles. The molecule has 0 bridgehead atoms. The maximum absolute atomic E-state index is 12.7. The average Bonchev–Trinajstić information content (AvgIpc) is 3.62. The molecule has 6 rings (SSSR count). The average molecular weight is 627 g/mol. The Morgan fingerprint density at radius 3 is 1.59 bits per heavy atom. The number of hydrogen-bond acceptors (Lipinski definition) is 8.